The number of ether oxygens (including phenoxy) is 1. The number of benzene rings is 2. The molecule has 0 aliphatic carbocycles. The van der Waals surface area contributed by atoms with Crippen LogP contribution in [0.5, 0.6) is 0 Å². The zero-order valence-corrected chi connectivity index (χ0v) is 14.8. The second-order valence-corrected chi connectivity index (χ2v) is 5.61. The maximum atomic E-state index is 12.4. The number of anilines is 3. The number of amides is 1. The van der Waals surface area contributed by atoms with E-state index in [9.17, 15) is 9.59 Å². The van der Waals surface area contributed by atoms with Crippen LogP contribution in [-0.4, -0.2) is 29.0 Å². The number of hydrogen-bond acceptors (Lipinski definition) is 7. The van der Waals surface area contributed by atoms with Gasteiger partial charge in [-0.05, 0) is 42.5 Å². The lowest BCUT2D eigenvalue weighted by Crippen LogP contribution is -2.14. The van der Waals surface area contributed by atoms with Crippen molar-refractivity contribution in [3.63, 3.8) is 0 Å². The van der Waals surface area contributed by atoms with Crippen molar-refractivity contribution in [2.45, 2.75) is 0 Å². The Kier molecular flexibility index (Phi) is 5.58. The SMILES string of the molecule is COC(=O)c1cccc(Nc2nccc(C(=O)Nc3cccc(C#N)c3)n2)c1. The van der Waals surface area contributed by atoms with Crippen LogP contribution < -0.4 is 10.6 Å². The third-order valence-electron chi connectivity index (χ3n) is 3.68. The highest BCUT2D eigenvalue weighted by Crippen LogP contribution is 2.16. The molecule has 2 aromatic carbocycles. The van der Waals surface area contributed by atoms with Gasteiger partial charge in [-0.1, -0.05) is 12.1 Å². The first kappa shape index (κ1) is 18.5. The number of carbonyl (C=O) groups excluding carboxylic acids is 2. The molecule has 0 bridgehead atoms. The van der Waals surface area contributed by atoms with E-state index < -0.39 is 11.9 Å². The van der Waals surface area contributed by atoms with Crippen molar-refractivity contribution in [1.29, 1.82) is 5.26 Å². The molecule has 8 nitrogen and oxygen atoms in total. The van der Waals surface area contributed by atoms with E-state index >= 15 is 0 Å². The van der Waals surface area contributed by atoms with Gasteiger partial charge >= 0.3 is 5.97 Å². The minimum Gasteiger partial charge on any atom is -0.465 e. The number of rotatable bonds is 5. The molecule has 8 heteroatoms. The second-order valence-electron chi connectivity index (χ2n) is 5.61. The molecule has 0 fully saturated rings. The van der Waals surface area contributed by atoms with Crippen molar-refractivity contribution in [2.24, 2.45) is 0 Å². The van der Waals surface area contributed by atoms with Gasteiger partial charge in [0.15, 0.2) is 0 Å². The number of esters is 1. The average molecular weight is 373 g/mol. The quantitative estimate of drug-likeness (QED) is 0.660. The van der Waals surface area contributed by atoms with Gasteiger partial charge in [0.1, 0.15) is 5.69 Å². The molecule has 0 unspecified atom stereocenters. The normalized spacial score (nSPS) is 9.86. The maximum Gasteiger partial charge on any atom is 0.337 e. The van der Waals surface area contributed by atoms with Crippen LogP contribution in [0.2, 0.25) is 0 Å². The van der Waals surface area contributed by atoms with Crippen LogP contribution >= 0.6 is 0 Å². The van der Waals surface area contributed by atoms with E-state index in [2.05, 4.69) is 20.6 Å². The van der Waals surface area contributed by atoms with Gasteiger partial charge in [-0.25, -0.2) is 14.8 Å². The minimum atomic E-state index is -0.461. The lowest BCUT2D eigenvalue weighted by atomic mass is 10.2. The van der Waals surface area contributed by atoms with E-state index in [1.54, 1.807) is 48.5 Å². The number of hydrogen-bond donors (Lipinski definition) is 2. The lowest BCUT2D eigenvalue weighted by molar-refractivity contribution is 0.0600. The molecule has 2 N–H and O–H groups in total. The van der Waals surface area contributed by atoms with Gasteiger partial charge < -0.3 is 15.4 Å². The topological polar surface area (TPSA) is 117 Å². The molecule has 0 radical (unpaired) electrons. The van der Waals surface area contributed by atoms with Crippen LogP contribution in [0.3, 0.4) is 0 Å². The van der Waals surface area contributed by atoms with Crippen molar-refractivity contribution >= 4 is 29.2 Å². The third-order valence-corrected chi connectivity index (χ3v) is 3.68. The minimum absolute atomic E-state index is 0.143. The van der Waals surface area contributed by atoms with Crippen molar-refractivity contribution < 1.29 is 14.3 Å². The van der Waals surface area contributed by atoms with E-state index in [-0.39, 0.29) is 11.6 Å². The Labute approximate surface area is 160 Å². The molecule has 1 aromatic heterocycles. The molecule has 3 aromatic rings. The Morgan fingerprint density at radius 3 is 2.64 bits per heavy atom. The van der Waals surface area contributed by atoms with Crippen LogP contribution in [0.15, 0.2) is 60.8 Å². The van der Waals surface area contributed by atoms with Gasteiger partial charge in [0.05, 0.1) is 24.3 Å². The first-order chi connectivity index (χ1) is 13.6. The average Bonchev–Trinajstić information content (AvgIpc) is 2.73. The summed E-state index contributed by atoms with van der Waals surface area (Å²) >= 11 is 0. The molecule has 0 aliphatic rings. The third kappa shape index (κ3) is 4.47. The van der Waals surface area contributed by atoms with Gasteiger partial charge in [0.25, 0.3) is 5.91 Å². The molecule has 0 atom stereocenters. The monoisotopic (exact) mass is 373 g/mol. The number of methoxy groups -OCH3 is 1. The van der Waals surface area contributed by atoms with Crippen LogP contribution in [0, 0.1) is 11.3 Å². The Bertz CT molecular complexity index is 1080. The Morgan fingerprint density at radius 1 is 1.07 bits per heavy atom. The van der Waals surface area contributed by atoms with Gasteiger partial charge in [-0.2, -0.15) is 5.26 Å². The fourth-order valence-corrected chi connectivity index (χ4v) is 2.38. The summed E-state index contributed by atoms with van der Waals surface area (Å²) in [6.45, 7) is 0. The van der Waals surface area contributed by atoms with E-state index in [4.69, 9.17) is 10.00 Å². The molecule has 1 heterocycles. The van der Waals surface area contributed by atoms with Crippen LogP contribution in [0.25, 0.3) is 0 Å². The largest absolute Gasteiger partial charge is 0.465 e. The highest BCUT2D eigenvalue weighted by Gasteiger charge is 2.11. The first-order valence-corrected chi connectivity index (χ1v) is 8.19. The van der Waals surface area contributed by atoms with Crippen molar-refractivity contribution in [2.75, 3.05) is 17.7 Å². The molecule has 0 saturated carbocycles. The summed E-state index contributed by atoms with van der Waals surface area (Å²) in [5.74, 6) is -0.707. The predicted octanol–water partition coefficient (Wildman–Crippen LogP) is 3.13. The summed E-state index contributed by atoms with van der Waals surface area (Å²) in [5, 5.41) is 14.6. The zero-order chi connectivity index (χ0) is 19.9. The van der Waals surface area contributed by atoms with E-state index in [1.165, 1.54) is 19.4 Å². The number of aromatic nitrogens is 2. The number of carbonyl (C=O) groups is 2. The molecule has 0 aliphatic heterocycles. The summed E-state index contributed by atoms with van der Waals surface area (Å²) < 4.78 is 4.69. The molecule has 28 heavy (non-hydrogen) atoms. The van der Waals surface area contributed by atoms with Crippen molar-refractivity contribution in [3.8, 4) is 6.07 Å². The van der Waals surface area contributed by atoms with Crippen LogP contribution in [-0.2, 0) is 4.74 Å². The molecule has 1 amide bonds. The highest BCUT2D eigenvalue weighted by atomic mass is 16.5. The summed E-state index contributed by atoms with van der Waals surface area (Å²) in [5.41, 5.74) is 2.02. The van der Waals surface area contributed by atoms with E-state index in [1.807, 2.05) is 6.07 Å². The van der Waals surface area contributed by atoms with Crippen LogP contribution in [0.4, 0.5) is 17.3 Å². The lowest BCUT2D eigenvalue weighted by Gasteiger charge is -2.08. The molecular weight excluding hydrogens is 358 g/mol. The summed E-state index contributed by atoms with van der Waals surface area (Å²) in [6, 6.07) is 16.7. The summed E-state index contributed by atoms with van der Waals surface area (Å²) in [7, 11) is 1.31. The van der Waals surface area contributed by atoms with E-state index in [0.717, 1.165) is 0 Å². The number of nitriles is 1. The Morgan fingerprint density at radius 2 is 1.86 bits per heavy atom. The molecule has 3 rings (SSSR count). The predicted molar refractivity (Wildman–Crippen MR) is 102 cm³/mol. The van der Waals surface area contributed by atoms with Gasteiger partial charge in [-0.3, -0.25) is 4.79 Å². The van der Waals surface area contributed by atoms with Gasteiger partial charge in [0.2, 0.25) is 5.95 Å². The summed E-state index contributed by atoms with van der Waals surface area (Å²) in [4.78, 5) is 32.3. The summed E-state index contributed by atoms with van der Waals surface area (Å²) in [6.07, 6.45) is 1.44. The maximum absolute atomic E-state index is 12.4. The second kappa shape index (κ2) is 8.42. The van der Waals surface area contributed by atoms with Crippen molar-refractivity contribution in [1.82, 2.24) is 9.97 Å². The standard InChI is InChI=1S/C20H15N5O3/c1-28-19(27)14-5-3-7-16(11-14)24-20-22-9-8-17(25-20)18(26)23-15-6-2-4-13(10-15)12-21/h2-11H,1H3,(H,23,26)(H,22,24,25). The molecule has 0 spiro atoms. The van der Waals surface area contributed by atoms with Crippen molar-refractivity contribution in [3.05, 3.63) is 77.6 Å². The van der Waals surface area contributed by atoms with Gasteiger partial charge in [-0.15, -0.1) is 0 Å². The van der Waals surface area contributed by atoms with Crippen LogP contribution in [0.1, 0.15) is 26.4 Å². The zero-order valence-electron chi connectivity index (χ0n) is 14.8. The number of nitrogens with one attached hydrogen (secondary N) is 2. The molecule has 0 saturated heterocycles. The highest BCUT2D eigenvalue weighted by molar-refractivity contribution is 6.03. The smallest absolute Gasteiger partial charge is 0.337 e. The number of nitrogens with zero attached hydrogens (tertiary/aromatic N) is 3. The molecular formula is C20H15N5O3. The van der Waals surface area contributed by atoms with E-state index in [0.29, 0.717) is 22.5 Å². The Hall–Kier alpha value is -4.25. The fourth-order valence-electron chi connectivity index (χ4n) is 2.38. The first-order valence-electron chi connectivity index (χ1n) is 8.19. The van der Waals surface area contributed by atoms with Gasteiger partial charge in [0, 0.05) is 17.6 Å². The molecule has 138 valence electrons. The fraction of sp³-hybridized carbons (Fsp3) is 0.0500. The Balaban J connectivity index is 1.76.